The molecule has 2 N–H and O–H groups in total. The predicted molar refractivity (Wildman–Crippen MR) is 109 cm³/mol. The lowest BCUT2D eigenvalue weighted by Gasteiger charge is -2.29. The number of nitrogens with one attached hydrogen (secondary N) is 1. The van der Waals surface area contributed by atoms with E-state index in [1.54, 1.807) is 13.0 Å². The molecule has 1 fully saturated rings. The summed E-state index contributed by atoms with van der Waals surface area (Å²) in [6.45, 7) is 7.67. The molecule has 2 aromatic carbocycles. The van der Waals surface area contributed by atoms with Gasteiger partial charge in [-0.25, -0.2) is 9.69 Å². The van der Waals surface area contributed by atoms with Crippen molar-refractivity contribution in [3.05, 3.63) is 58.2 Å². The van der Waals surface area contributed by atoms with Crippen LogP contribution in [0.25, 0.3) is 6.08 Å². The molecule has 7 nitrogen and oxygen atoms in total. The van der Waals surface area contributed by atoms with Crippen molar-refractivity contribution in [2.45, 2.75) is 27.7 Å². The highest BCUT2D eigenvalue weighted by Crippen LogP contribution is 2.31. The van der Waals surface area contributed by atoms with Gasteiger partial charge in [-0.15, -0.1) is 0 Å². The van der Waals surface area contributed by atoms with Gasteiger partial charge in [-0.05, 0) is 62.6 Å². The van der Waals surface area contributed by atoms with Gasteiger partial charge in [-0.3, -0.25) is 14.9 Å². The summed E-state index contributed by atoms with van der Waals surface area (Å²) < 4.78 is 5.34. The number of phenols is 1. The van der Waals surface area contributed by atoms with Crippen molar-refractivity contribution in [1.82, 2.24) is 5.32 Å². The number of amides is 4. The number of urea groups is 1. The molecule has 29 heavy (non-hydrogen) atoms. The van der Waals surface area contributed by atoms with E-state index in [1.165, 1.54) is 18.2 Å². The molecule has 4 amide bonds. The number of aryl methyl sites for hydroxylation is 3. The van der Waals surface area contributed by atoms with E-state index in [0.29, 0.717) is 17.9 Å². The maximum absolute atomic E-state index is 13.1. The van der Waals surface area contributed by atoms with Crippen LogP contribution < -0.4 is 15.0 Å². The van der Waals surface area contributed by atoms with Gasteiger partial charge in [-0.1, -0.05) is 23.8 Å². The minimum Gasteiger partial charge on any atom is -0.504 e. The van der Waals surface area contributed by atoms with Gasteiger partial charge in [0.25, 0.3) is 11.8 Å². The summed E-state index contributed by atoms with van der Waals surface area (Å²) in [7, 11) is 0. The van der Waals surface area contributed by atoms with E-state index in [1.807, 2.05) is 32.9 Å². The Balaban J connectivity index is 2.06. The smallest absolute Gasteiger partial charge is 0.335 e. The van der Waals surface area contributed by atoms with Crippen LogP contribution in [-0.4, -0.2) is 29.6 Å². The zero-order valence-electron chi connectivity index (χ0n) is 16.7. The molecule has 1 aliphatic rings. The fraction of sp³-hybridized carbons (Fsp3) is 0.227. The summed E-state index contributed by atoms with van der Waals surface area (Å²) in [4.78, 5) is 39.0. The van der Waals surface area contributed by atoms with Crippen molar-refractivity contribution in [2.24, 2.45) is 0 Å². The summed E-state index contributed by atoms with van der Waals surface area (Å²) in [6, 6.07) is 7.45. The van der Waals surface area contributed by atoms with E-state index in [4.69, 9.17) is 4.74 Å². The summed E-state index contributed by atoms with van der Waals surface area (Å²) in [5, 5.41) is 12.1. The van der Waals surface area contributed by atoms with Gasteiger partial charge < -0.3 is 9.84 Å². The number of anilines is 1. The van der Waals surface area contributed by atoms with Gasteiger partial charge in [0.1, 0.15) is 5.57 Å². The van der Waals surface area contributed by atoms with Gasteiger partial charge in [-0.2, -0.15) is 0 Å². The molecule has 0 saturated carbocycles. The molecule has 0 radical (unpaired) electrons. The first-order valence-corrected chi connectivity index (χ1v) is 9.18. The van der Waals surface area contributed by atoms with E-state index in [9.17, 15) is 19.5 Å². The first kappa shape index (κ1) is 20.1. The van der Waals surface area contributed by atoms with Crippen LogP contribution in [0.15, 0.2) is 35.9 Å². The van der Waals surface area contributed by atoms with E-state index >= 15 is 0 Å². The van der Waals surface area contributed by atoms with Gasteiger partial charge in [0.15, 0.2) is 11.5 Å². The Morgan fingerprint density at radius 3 is 2.34 bits per heavy atom. The standard InChI is InChI=1S/C22H22N2O5/c1-5-29-18-11-15(6-7-17(18)25)10-16-20(26)23-22(28)24(21(16)27)19-13(3)8-12(2)9-14(19)4/h6-11,25H,5H2,1-4H3,(H,23,26,28)/b16-10+. The fourth-order valence-corrected chi connectivity index (χ4v) is 3.44. The molecule has 150 valence electrons. The SMILES string of the molecule is CCOc1cc(/C=C2\C(=O)NC(=O)N(c3c(C)cc(C)cc3C)C2=O)ccc1O. The van der Waals surface area contributed by atoms with Crippen LogP contribution in [0.5, 0.6) is 11.5 Å². The molecular weight excluding hydrogens is 372 g/mol. The molecule has 1 heterocycles. The van der Waals surface area contributed by atoms with Crippen molar-refractivity contribution >= 4 is 29.6 Å². The number of carbonyl (C=O) groups is 3. The van der Waals surface area contributed by atoms with Gasteiger partial charge in [0.2, 0.25) is 0 Å². The molecule has 0 bridgehead atoms. The van der Waals surface area contributed by atoms with Crippen LogP contribution in [0, 0.1) is 20.8 Å². The Bertz CT molecular complexity index is 1030. The molecule has 0 aliphatic carbocycles. The third-order valence-corrected chi connectivity index (χ3v) is 4.56. The van der Waals surface area contributed by atoms with Crippen LogP contribution >= 0.6 is 0 Å². The molecule has 0 aromatic heterocycles. The van der Waals surface area contributed by atoms with Gasteiger partial charge in [0, 0.05) is 0 Å². The number of nitrogens with zero attached hydrogens (tertiary/aromatic N) is 1. The minimum absolute atomic E-state index is 0.0452. The zero-order valence-corrected chi connectivity index (χ0v) is 16.7. The van der Waals surface area contributed by atoms with Crippen LogP contribution in [0.3, 0.4) is 0 Å². The molecule has 0 unspecified atom stereocenters. The van der Waals surface area contributed by atoms with Gasteiger partial charge >= 0.3 is 6.03 Å². The highest BCUT2D eigenvalue weighted by atomic mass is 16.5. The van der Waals surface area contributed by atoms with Crippen LogP contribution in [-0.2, 0) is 9.59 Å². The summed E-state index contributed by atoms with van der Waals surface area (Å²) in [5.74, 6) is -1.29. The molecule has 7 heteroatoms. The monoisotopic (exact) mass is 394 g/mol. The zero-order chi connectivity index (χ0) is 21.3. The largest absolute Gasteiger partial charge is 0.504 e. The number of imide groups is 2. The number of hydrogen-bond acceptors (Lipinski definition) is 5. The molecule has 0 atom stereocenters. The van der Waals surface area contributed by atoms with Crippen LogP contribution in [0.1, 0.15) is 29.2 Å². The lowest BCUT2D eigenvalue weighted by atomic mass is 10.0. The van der Waals surface area contributed by atoms with Crippen molar-refractivity contribution in [1.29, 1.82) is 0 Å². The summed E-state index contributed by atoms with van der Waals surface area (Å²) in [5.41, 5.74) is 3.27. The molecule has 3 rings (SSSR count). The quantitative estimate of drug-likeness (QED) is 0.612. The normalized spacial score (nSPS) is 15.7. The lowest BCUT2D eigenvalue weighted by Crippen LogP contribution is -2.54. The molecule has 1 aliphatic heterocycles. The predicted octanol–water partition coefficient (Wildman–Crippen LogP) is 3.38. The van der Waals surface area contributed by atoms with E-state index in [-0.39, 0.29) is 17.1 Å². The number of barbiturate groups is 1. The summed E-state index contributed by atoms with van der Waals surface area (Å²) in [6.07, 6.45) is 1.37. The topological polar surface area (TPSA) is 95.9 Å². The lowest BCUT2D eigenvalue weighted by molar-refractivity contribution is -0.122. The third kappa shape index (κ3) is 3.85. The van der Waals surface area contributed by atoms with Crippen molar-refractivity contribution in [3.63, 3.8) is 0 Å². The van der Waals surface area contributed by atoms with Crippen molar-refractivity contribution in [3.8, 4) is 11.5 Å². The molecule has 1 saturated heterocycles. The number of phenolic OH excluding ortho intramolecular Hbond substituents is 1. The Kier molecular flexibility index (Phi) is 5.41. The van der Waals surface area contributed by atoms with Crippen LogP contribution in [0.4, 0.5) is 10.5 Å². The van der Waals surface area contributed by atoms with Crippen LogP contribution in [0.2, 0.25) is 0 Å². The highest BCUT2D eigenvalue weighted by molar-refractivity contribution is 6.39. The Hall–Kier alpha value is -3.61. The second-order valence-electron chi connectivity index (χ2n) is 6.87. The first-order chi connectivity index (χ1) is 13.7. The van der Waals surface area contributed by atoms with E-state index < -0.39 is 17.8 Å². The summed E-state index contributed by atoms with van der Waals surface area (Å²) >= 11 is 0. The highest BCUT2D eigenvalue weighted by Gasteiger charge is 2.38. The maximum atomic E-state index is 13.1. The fourth-order valence-electron chi connectivity index (χ4n) is 3.44. The van der Waals surface area contributed by atoms with Crippen molar-refractivity contribution < 1.29 is 24.2 Å². The number of carbonyl (C=O) groups excluding carboxylic acids is 3. The Morgan fingerprint density at radius 2 is 1.72 bits per heavy atom. The first-order valence-electron chi connectivity index (χ1n) is 9.18. The van der Waals surface area contributed by atoms with Crippen molar-refractivity contribution in [2.75, 3.05) is 11.5 Å². The second kappa shape index (κ2) is 7.79. The Morgan fingerprint density at radius 1 is 1.07 bits per heavy atom. The number of ether oxygens (including phenoxy) is 1. The van der Waals surface area contributed by atoms with Gasteiger partial charge in [0.05, 0.1) is 12.3 Å². The Labute approximate surface area is 168 Å². The number of hydrogen-bond donors (Lipinski definition) is 2. The number of aromatic hydroxyl groups is 1. The number of rotatable bonds is 4. The second-order valence-corrected chi connectivity index (χ2v) is 6.87. The average molecular weight is 394 g/mol. The van der Waals surface area contributed by atoms with E-state index in [2.05, 4.69) is 5.32 Å². The van der Waals surface area contributed by atoms with E-state index in [0.717, 1.165) is 21.6 Å². The third-order valence-electron chi connectivity index (χ3n) is 4.56. The molecular formula is C22H22N2O5. The molecule has 0 spiro atoms. The minimum atomic E-state index is -0.784. The average Bonchev–Trinajstić information content (AvgIpc) is 2.63. The molecule has 2 aromatic rings. The number of benzene rings is 2. The maximum Gasteiger partial charge on any atom is 0.335 e.